The van der Waals surface area contributed by atoms with Crippen LogP contribution in [0.15, 0.2) is 36.5 Å². The highest BCUT2D eigenvalue weighted by molar-refractivity contribution is 6.30. The van der Waals surface area contributed by atoms with Gasteiger partial charge in [-0.2, -0.15) is 0 Å². The van der Waals surface area contributed by atoms with Crippen LogP contribution in [0.1, 0.15) is 12.8 Å². The number of anilines is 2. The molecule has 1 aromatic heterocycles. The fourth-order valence-corrected chi connectivity index (χ4v) is 3.21. The molecule has 1 aromatic carbocycles. The second-order valence-electron chi connectivity index (χ2n) is 6.30. The van der Waals surface area contributed by atoms with Gasteiger partial charge in [0, 0.05) is 31.3 Å². The lowest BCUT2D eigenvalue weighted by molar-refractivity contribution is -0.393. The van der Waals surface area contributed by atoms with Gasteiger partial charge in [0.25, 0.3) is 11.4 Å². The van der Waals surface area contributed by atoms with Crippen LogP contribution in [-0.4, -0.2) is 33.8 Å². The van der Waals surface area contributed by atoms with Crippen molar-refractivity contribution in [3.63, 3.8) is 0 Å². The van der Waals surface area contributed by atoms with E-state index < -0.39 is 9.85 Å². The van der Waals surface area contributed by atoms with Gasteiger partial charge in [-0.25, -0.2) is 4.98 Å². The van der Waals surface area contributed by atoms with Crippen molar-refractivity contribution in [3.8, 4) is 0 Å². The normalized spacial score (nSPS) is 14.5. The first kappa shape index (κ1) is 19.5. The molecule has 1 fully saturated rings. The topological polar surface area (TPSA) is 132 Å². The third-order valence-electron chi connectivity index (χ3n) is 4.55. The first-order valence-corrected chi connectivity index (χ1v) is 8.83. The molecule has 3 rings (SSSR count). The van der Waals surface area contributed by atoms with Gasteiger partial charge in [0.05, 0.1) is 20.9 Å². The molecule has 0 aliphatic carbocycles. The second kappa shape index (κ2) is 8.17. The van der Waals surface area contributed by atoms with Crippen LogP contribution in [0, 0.1) is 26.1 Å². The van der Waals surface area contributed by atoms with E-state index in [4.69, 9.17) is 11.6 Å². The molecule has 0 atom stereocenters. The van der Waals surface area contributed by atoms with E-state index >= 15 is 0 Å². The molecule has 1 amide bonds. The van der Waals surface area contributed by atoms with Gasteiger partial charge in [-0.05, 0) is 31.0 Å². The summed E-state index contributed by atoms with van der Waals surface area (Å²) in [4.78, 5) is 39.1. The summed E-state index contributed by atoms with van der Waals surface area (Å²) in [5.74, 6) is -0.0265. The second-order valence-corrected chi connectivity index (χ2v) is 6.74. The minimum Gasteiger partial charge on any atom is -0.366 e. The van der Waals surface area contributed by atoms with Gasteiger partial charge in [0.15, 0.2) is 0 Å². The Labute approximate surface area is 164 Å². The third kappa shape index (κ3) is 4.34. The Morgan fingerprint density at radius 2 is 1.86 bits per heavy atom. The predicted octanol–water partition coefficient (Wildman–Crippen LogP) is 3.41. The Hall–Kier alpha value is -3.27. The number of hydrogen-bond donors (Lipinski definition) is 1. The number of nitro benzene ring substituents is 2. The summed E-state index contributed by atoms with van der Waals surface area (Å²) in [6.07, 6.45) is 2.43. The van der Waals surface area contributed by atoms with Crippen LogP contribution in [-0.2, 0) is 4.79 Å². The number of nitro groups is 2. The number of benzene rings is 1. The minimum atomic E-state index is -0.669. The molecule has 1 saturated heterocycles. The zero-order chi connectivity index (χ0) is 20.3. The maximum atomic E-state index is 12.4. The first-order chi connectivity index (χ1) is 13.3. The van der Waals surface area contributed by atoms with Crippen molar-refractivity contribution in [2.45, 2.75) is 12.8 Å². The highest BCUT2D eigenvalue weighted by Gasteiger charge is 2.29. The molecule has 10 nitrogen and oxygen atoms in total. The molecule has 1 aliphatic rings. The number of hydrogen-bond acceptors (Lipinski definition) is 7. The number of carbonyl (C=O) groups excluding carboxylic acids is 1. The Bertz CT molecular complexity index is 913. The maximum absolute atomic E-state index is 12.4. The fourth-order valence-electron chi connectivity index (χ4n) is 3.10. The van der Waals surface area contributed by atoms with E-state index in [9.17, 15) is 25.0 Å². The van der Waals surface area contributed by atoms with Crippen LogP contribution < -0.4 is 10.2 Å². The molecule has 2 aromatic rings. The van der Waals surface area contributed by atoms with Gasteiger partial charge in [0.1, 0.15) is 11.5 Å². The van der Waals surface area contributed by atoms with Crippen LogP contribution >= 0.6 is 11.6 Å². The number of aromatic nitrogens is 1. The average Bonchev–Trinajstić information content (AvgIpc) is 2.69. The molecule has 0 radical (unpaired) electrons. The Morgan fingerprint density at radius 1 is 1.14 bits per heavy atom. The number of non-ortho nitro benzene ring substituents is 1. The fraction of sp³-hybridized carbons (Fsp3) is 0.294. The number of halogens is 1. The first-order valence-electron chi connectivity index (χ1n) is 8.45. The molecule has 0 unspecified atom stereocenters. The van der Waals surface area contributed by atoms with Crippen molar-refractivity contribution in [2.24, 2.45) is 5.92 Å². The Kier molecular flexibility index (Phi) is 5.69. The van der Waals surface area contributed by atoms with Crippen LogP contribution in [0.5, 0.6) is 0 Å². The molecule has 146 valence electrons. The van der Waals surface area contributed by atoms with Gasteiger partial charge < -0.3 is 10.2 Å². The summed E-state index contributed by atoms with van der Waals surface area (Å²) < 4.78 is 0. The van der Waals surface area contributed by atoms with Crippen molar-refractivity contribution in [1.82, 2.24) is 4.98 Å². The number of piperidine rings is 1. The lowest BCUT2D eigenvalue weighted by atomic mass is 9.95. The minimum absolute atomic E-state index is 0.173. The molecule has 2 heterocycles. The van der Waals surface area contributed by atoms with Crippen molar-refractivity contribution >= 4 is 40.4 Å². The third-order valence-corrected chi connectivity index (χ3v) is 4.78. The van der Waals surface area contributed by atoms with E-state index in [1.54, 1.807) is 17.0 Å². The molecule has 0 saturated carbocycles. The van der Waals surface area contributed by atoms with Gasteiger partial charge >= 0.3 is 0 Å². The lowest BCUT2D eigenvalue weighted by Gasteiger charge is -2.32. The smallest absolute Gasteiger partial charge is 0.299 e. The summed E-state index contributed by atoms with van der Waals surface area (Å²) in [6, 6.07) is 6.82. The number of carbonyl (C=O) groups is 1. The molecule has 1 N–H and O–H groups in total. The number of rotatable bonds is 5. The molecular formula is C17H16ClN5O5. The summed E-state index contributed by atoms with van der Waals surface area (Å²) in [5, 5.41) is 25.4. The summed E-state index contributed by atoms with van der Waals surface area (Å²) in [7, 11) is 0. The standard InChI is InChI=1S/C17H16ClN5O5/c18-12-1-4-16(19-10-12)20-17(24)11-5-7-21(8-6-11)14-3-2-13(22(25)26)9-15(14)23(27)28/h1-4,9-11H,5-8H2,(H,19,20,24). The van der Waals surface area contributed by atoms with Crippen LogP contribution in [0.2, 0.25) is 5.02 Å². The zero-order valence-corrected chi connectivity index (χ0v) is 15.3. The number of pyridine rings is 1. The lowest BCUT2D eigenvalue weighted by Crippen LogP contribution is -2.38. The maximum Gasteiger partial charge on any atom is 0.299 e. The zero-order valence-electron chi connectivity index (χ0n) is 14.6. The number of nitrogens with zero attached hydrogens (tertiary/aromatic N) is 4. The Balaban J connectivity index is 1.66. The monoisotopic (exact) mass is 405 g/mol. The van der Waals surface area contributed by atoms with Gasteiger partial charge in [-0.1, -0.05) is 11.6 Å². The van der Waals surface area contributed by atoms with E-state index in [2.05, 4.69) is 10.3 Å². The van der Waals surface area contributed by atoms with E-state index in [0.29, 0.717) is 42.5 Å². The van der Waals surface area contributed by atoms with Gasteiger partial charge in [-0.3, -0.25) is 25.0 Å². The SMILES string of the molecule is O=C(Nc1ccc(Cl)cn1)C1CCN(c2ccc([N+](=O)[O-])cc2[N+](=O)[O-])CC1. The quantitative estimate of drug-likeness (QED) is 0.595. The molecular weight excluding hydrogens is 390 g/mol. The van der Waals surface area contributed by atoms with E-state index in [-0.39, 0.29) is 23.2 Å². The van der Waals surface area contributed by atoms with Crippen molar-refractivity contribution in [2.75, 3.05) is 23.3 Å². The molecule has 1 aliphatic heterocycles. The van der Waals surface area contributed by atoms with E-state index in [0.717, 1.165) is 6.07 Å². The molecule has 11 heteroatoms. The largest absolute Gasteiger partial charge is 0.366 e. The van der Waals surface area contributed by atoms with Gasteiger partial charge in [0.2, 0.25) is 5.91 Å². The van der Waals surface area contributed by atoms with Gasteiger partial charge in [-0.15, -0.1) is 0 Å². The van der Waals surface area contributed by atoms with E-state index in [1.165, 1.54) is 18.3 Å². The molecule has 0 bridgehead atoms. The van der Waals surface area contributed by atoms with Crippen LogP contribution in [0.3, 0.4) is 0 Å². The Morgan fingerprint density at radius 3 is 2.43 bits per heavy atom. The number of nitrogens with one attached hydrogen (secondary N) is 1. The highest BCUT2D eigenvalue weighted by Crippen LogP contribution is 2.34. The molecule has 0 spiro atoms. The average molecular weight is 406 g/mol. The summed E-state index contributed by atoms with van der Waals surface area (Å²) >= 11 is 5.77. The van der Waals surface area contributed by atoms with Crippen molar-refractivity contribution < 1.29 is 14.6 Å². The highest BCUT2D eigenvalue weighted by atomic mass is 35.5. The van der Waals surface area contributed by atoms with Crippen molar-refractivity contribution in [1.29, 1.82) is 0 Å². The molecule has 28 heavy (non-hydrogen) atoms. The summed E-state index contributed by atoms with van der Waals surface area (Å²) in [6.45, 7) is 0.843. The van der Waals surface area contributed by atoms with E-state index in [1.807, 2.05) is 0 Å². The van der Waals surface area contributed by atoms with Crippen LogP contribution in [0.4, 0.5) is 22.9 Å². The summed E-state index contributed by atoms with van der Waals surface area (Å²) in [5.41, 5.74) is -0.337. The van der Waals surface area contributed by atoms with Crippen LogP contribution in [0.25, 0.3) is 0 Å². The number of amides is 1. The predicted molar refractivity (Wildman–Crippen MR) is 103 cm³/mol. The van der Waals surface area contributed by atoms with Crippen molar-refractivity contribution in [3.05, 3.63) is 61.8 Å².